The molecule has 0 aromatic heterocycles. The average molecular weight is 256 g/mol. The predicted molar refractivity (Wildman–Crippen MR) is 61.6 cm³/mol. The first kappa shape index (κ1) is 13.1. The number of rotatable bonds is 4. The van der Waals surface area contributed by atoms with Crippen LogP contribution in [0.25, 0.3) is 0 Å². The molecular formula is C11H10ClNO4. The van der Waals surface area contributed by atoms with E-state index < -0.39 is 17.6 Å². The first-order valence-electron chi connectivity index (χ1n) is 4.65. The molecule has 0 unspecified atom stereocenters. The van der Waals surface area contributed by atoms with Crippen molar-refractivity contribution in [3.8, 4) is 0 Å². The number of carboxylic acids is 1. The molecule has 17 heavy (non-hydrogen) atoms. The van der Waals surface area contributed by atoms with Gasteiger partial charge in [0.15, 0.2) is 0 Å². The third kappa shape index (κ3) is 4.56. The second kappa shape index (κ2) is 5.91. The van der Waals surface area contributed by atoms with Crippen LogP contribution in [0.3, 0.4) is 0 Å². The molecule has 0 saturated carbocycles. The van der Waals surface area contributed by atoms with Gasteiger partial charge < -0.3 is 15.5 Å². The molecule has 1 aromatic carbocycles. The van der Waals surface area contributed by atoms with Crippen LogP contribution in [-0.2, 0) is 16.1 Å². The topological polar surface area (TPSA) is 86.6 Å². The van der Waals surface area contributed by atoms with Gasteiger partial charge in [-0.25, -0.2) is 4.79 Å². The van der Waals surface area contributed by atoms with Crippen molar-refractivity contribution in [3.05, 3.63) is 46.7 Å². The van der Waals surface area contributed by atoms with Gasteiger partial charge in [-0.15, -0.1) is 0 Å². The number of carbonyl (C=O) groups excluding carboxylic acids is 1. The number of halogens is 1. The maximum absolute atomic E-state index is 11.2. The highest BCUT2D eigenvalue weighted by Crippen LogP contribution is 2.10. The summed E-state index contributed by atoms with van der Waals surface area (Å²) in [5, 5.41) is 20.1. The first-order valence-corrected chi connectivity index (χ1v) is 5.03. The van der Waals surface area contributed by atoms with E-state index in [4.69, 9.17) is 21.8 Å². The summed E-state index contributed by atoms with van der Waals surface area (Å²) < 4.78 is 0. The molecule has 0 spiro atoms. The van der Waals surface area contributed by atoms with Crippen LogP contribution >= 0.6 is 11.6 Å². The molecule has 0 fully saturated rings. The Morgan fingerprint density at radius 2 is 2.06 bits per heavy atom. The van der Waals surface area contributed by atoms with Gasteiger partial charge in [-0.05, 0) is 17.7 Å². The van der Waals surface area contributed by atoms with Gasteiger partial charge in [0.2, 0.25) is 11.7 Å². The summed E-state index contributed by atoms with van der Waals surface area (Å²) in [5.41, 5.74) is 0.772. The molecule has 0 aliphatic heterocycles. The van der Waals surface area contributed by atoms with E-state index >= 15 is 0 Å². The minimum atomic E-state index is -1.55. The van der Waals surface area contributed by atoms with E-state index in [-0.39, 0.29) is 6.54 Å². The van der Waals surface area contributed by atoms with Crippen molar-refractivity contribution in [1.29, 1.82) is 0 Å². The Hall–Kier alpha value is -2.01. The van der Waals surface area contributed by atoms with Crippen molar-refractivity contribution in [3.63, 3.8) is 0 Å². The van der Waals surface area contributed by atoms with Gasteiger partial charge in [0.25, 0.3) is 0 Å². The summed E-state index contributed by atoms with van der Waals surface area (Å²) in [6.45, 7) is 0.197. The summed E-state index contributed by atoms with van der Waals surface area (Å²) >= 11 is 5.74. The summed E-state index contributed by atoms with van der Waals surface area (Å²) in [7, 11) is 0. The molecule has 5 nitrogen and oxygen atoms in total. The third-order valence-corrected chi connectivity index (χ3v) is 2.08. The van der Waals surface area contributed by atoms with Crippen LogP contribution in [0.2, 0.25) is 5.02 Å². The lowest BCUT2D eigenvalue weighted by atomic mass is 10.2. The number of aliphatic hydroxyl groups is 1. The van der Waals surface area contributed by atoms with Crippen molar-refractivity contribution < 1.29 is 19.8 Å². The maximum atomic E-state index is 11.2. The molecule has 0 bridgehead atoms. The van der Waals surface area contributed by atoms with Crippen LogP contribution in [-0.4, -0.2) is 22.1 Å². The summed E-state index contributed by atoms with van der Waals surface area (Å²) in [6, 6.07) is 6.85. The van der Waals surface area contributed by atoms with Crippen LogP contribution in [0.5, 0.6) is 0 Å². The number of amides is 1. The quantitative estimate of drug-likeness (QED) is 0.562. The van der Waals surface area contributed by atoms with E-state index in [2.05, 4.69) is 5.32 Å². The number of carboxylic acid groups (broad SMARTS) is 1. The van der Waals surface area contributed by atoms with E-state index in [1.807, 2.05) is 0 Å². The Balaban J connectivity index is 2.54. The van der Waals surface area contributed by atoms with Gasteiger partial charge in [0.1, 0.15) is 0 Å². The van der Waals surface area contributed by atoms with Gasteiger partial charge in [0, 0.05) is 11.6 Å². The van der Waals surface area contributed by atoms with Gasteiger partial charge in [-0.1, -0.05) is 23.7 Å². The fraction of sp³-hybridized carbons (Fsp3) is 0.0909. The summed E-state index contributed by atoms with van der Waals surface area (Å²) in [5.74, 6) is -3.25. The van der Waals surface area contributed by atoms with Crippen LogP contribution in [0.15, 0.2) is 36.1 Å². The van der Waals surface area contributed by atoms with E-state index in [9.17, 15) is 9.59 Å². The normalized spacial score (nSPS) is 11.0. The molecule has 3 N–H and O–H groups in total. The van der Waals surface area contributed by atoms with Crippen LogP contribution < -0.4 is 5.32 Å². The van der Waals surface area contributed by atoms with Gasteiger partial charge in [-0.3, -0.25) is 4.79 Å². The highest BCUT2D eigenvalue weighted by Gasteiger charge is 2.06. The van der Waals surface area contributed by atoms with Gasteiger partial charge in [-0.2, -0.15) is 0 Å². The van der Waals surface area contributed by atoms with Crippen molar-refractivity contribution in [2.45, 2.75) is 6.54 Å². The van der Waals surface area contributed by atoms with E-state index in [1.54, 1.807) is 24.3 Å². The smallest absolute Gasteiger partial charge is 0.371 e. The molecule has 0 aliphatic carbocycles. The zero-order valence-corrected chi connectivity index (χ0v) is 9.44. The first-order chi connectivity index (χ1) is 7.99. The van der Waals surface area contributed by atoms with Crippen LogP contribution in [0.4, 0.5) is 0 Å². The zero-order chi connectivity index (χ0) is 12.8. The minimum Gasteiger partial charge on any atom is -0.502 e. The standard InChI is InChI=1S/C11H10ClNO4/c12-8-3-1-2-7(4-8)6-13-10(15)5-9(14)11(16)17/h1-5,14H,6H2,(H,13,15)(H,16,17)/b9-5-. The molecule has 90 valence electrons. The molecule has 0 aliphatic rings. The largest absolute Gasteiger partial charge is 0.502 e. The molecule has 6 heteroatoms. The number of benzene rings is 1. The molecule has 0 atom stereocenters. The van der Waals surface area contributed by atoms with Crippen molar-refractivity contribution >= 4 is 23.5 Å². The minimum absolute atomic E-state index is 0.197. The lowest BCUT2D eigenvalue weighted by molar-refractivity contribution is -0.136. The average Bonchev–Trinajstić information content (AvgIpc) is 2.26. The SMILES string of the molecule is O=C(/C=C(\O)C(=O)O)NCc1cccc(Cl)c1. The number of aliphatic hydroxyl groups excluding tert-OH is 1. The molecule has 0 heterocycles. The Bertz CT molecular complexity index is 470. The lowest BCUT2D eigenvalue weighted by Crippen LogP contribution is -2.21. The molecule has 1 amide bonds. The van der Waals surface area contributed by atoms with Crippen molar-refractivity contribution in [2.75, 3.05) is 0 Å². The highest BCUT2D eigenvalue weighted by molar-refractivity contribution is 6.30. The fourth-order valence-corrected chi connectivity index (χ4v) is 1.29. The van der Waals surface area contributed by atoms with Crippen molar-refractivity contribution in [2.24, 2.45) is 0 Å². The molecular weight excluding hydrogens is 246 g/mol. The lowest BCUT2D eigenvalue weighted by Gasteiger charge is -2.02. The Morgan fingerprint density at radius 3 is 2.65 bits per heavy atom. The molecule has 1 aromatic rings. The fourth-order valence-electron chi connectivity index (χ4n) is 1.07. The third-order valence-electron chi connectivity index (χ3n) is 1.84. The monoisotopic (exact) mass is 255 g/mol. The predicted octanol–water partition coefficient (Wildman–Crippen LogP) is 1.48. The number of hydrogen-bond donors (Lipinski definition) is 3. The summed E-state index contributed by atoms with van der Waals surface area (Å²) in [4.78, 5) is 21.4. The molecule has 1 rings (SSSR count). The molecule has 0 saturated heterocycles. The summed E-state index contributed by atoms with van der Waals surface area (Å²) in [6.07, 6.45) is 0.604. The number of nitrogens with one attached hydrogen (secondary N) is 1. The van der Waals surface area contributed by atoms with Crippen LogP contribution in [0.1, 0.15) is 5.56 Å². The van der Waals surface area contributed by atoms with Gasteiger partial charge >= 0.3 is 5.97 Å². The Labute approximate surface area is 102 Å². The number of hydrogen-bond acceptors (Lipinski definition) is 3. The highest BCUT2D eigenvalue weighted by atomic mass is 35.5. The molecule has 0 radical (unpaired) electrons. The number of carbonyl (C=O) groups is 2. The van der Waals surface area contributed by atoms with Crippen molar-refractivity contribution in [1.82, 2.24) is 5.32 Å². The van der Waals surface area contributed by atoms with E-state index in [0.717, 1.165) is 5.56 Å². The Kier molecular flexibility index (Phi) is 4.54. The second-order valence-corrected chi connectivity index (χ2v) is 3.62. The maximum Gasteiger partial charge on any atom is 0.371 e. The Morgan fingerprint density at radius 1 is 1.35 bits per heavy atom. The van der Waals surface area contributed by atoms with Gasteiger partial charge in [0.05, 0.1) is 6.08 Å². The van der Waals surface area contributed by atoms with E-state index in [1.165, 1.54) is 0 Å². The zero-order valence-electron chi connectivity index (χ0n) is 8.68. The van der Waals surface area contributed by atoms with E-state index in [0.29, 0.717) is 11.1 Å². The second-order valence-electron chi connectivity index (χ2n) is 3.18. The van der Waals surface area contributed by atoms with Crippen LogP contribution in [0, 0.1) is 0 Å². The number of aliphatic carboxylic acids is 1.